The summed E-state index contributed by atoms with van der Waals surface area (Å²) >= 11 is 5.66. The highest BCUT2D eigenvalue weighted by Gasteiger charge is 2.21. The van der Waals surface area contributed by atoms with Gasteiger partial charge < -0.3 is 19.9 Å². The van der Waals surface area contributed by atoms with Gasteiger partial charge in [0, 0.05) is 57.3 Å². The number of nitrogens with one attached hydrogen (secondary N) is 1. The van der Waals surface area contributed by atoms with Gasteiger partial charge in [-0.3, -0.25) is 10.1 Å². The molecule has 1 aliphatic rings. The number of thiocarbonyl (C=S) groups is 1. The van der Waals surface area contributed by atoms with Crippen LogP contribution in [0.5, 0.6) is 0 Å². The monoisotopic (exact) mass is 414 g/mol. The molecule has 0 unspecified atom stereocenters. The average Bonchev–Trinajstić information content (AvgIpc) is 3.21. The molecule has 8 heteroatoms. The Morgan fingerprint density at radius 2 is 1.90 bits per heavy atom. The molecule has 7 nitrogen and oxygen atoms in total. The maximum Gasteiger partial charge on any atom is 0.269 e. The predicted octanol–water partition coefficient (Wildman–Crippen LogP) is 4.04. The third-order valence-corrected chi connectivity index (χ3v) is 5.25. The molecule has 1 aliphatic heterocycles. The molecule has 3 rings (SSSR count). The van der Waals surface area contributed by atoms with Crippen molar-refractivity contribution in [3.05, 3.63) is 64.2 Å². The van der Waals surface area contributed by atoms with Crippen molar-refractivity contribution >= 4 is 34.4 Å². The molecule has 0 radical (unpaired) electrons. The summed E-state index contributed by atoms with van der Waals surface area (Å²) in [6.45, 7) is 2.15. The second kappa shape index (κ2) is 9.67. The minimum absolute atomic E-state index is 0.0543. The highest BCUT2D eigenvalue weighted by Crippen LogP contribution is 2.20. The Morgan fingerprint density at radius 1 is 1.21 bits per heavy atom. The Bertz CT molecular complexity index is 834. The van der Waals surface area contributed by atoms with Crippen LogP contribution in [0.2, 0.25) is 0 Å². The van der Waals surface area contributed by atoms with Gasteiger partial charge in [-0.25, -0.2) is 0 Å². The smallest absolute Gasteiger partial charge is 0.269 e. The number of nitro groups is 1. The fraction of sp³-hybridized carbons (Fsp3) is 0.381. The standard InChI is InChI=1S/C21H26N4O3S/c1-23(2)18-9-5-16(6-10-18)14-24(15-20-4-3-13-28-20)21(29)22-17-7-11-19(12-8-17)25(26)27/h5-12,20H,3-4,13-15H2,1-2H3,(H,22,29)/t20-/m1/s1. The quantitative estimate of drug-likeness (QED) is 0.416. The molecule has 0 aromatic heterocycles. The first-order chi connectivity index (χ1) is 13.9. The first kappa shape index (κ1) is 21.0. The lowest BCUT2D eigenvalue weighted by atomic mass is 10.1. The minimum Gasteiger partial charge on any atom is -0.378 e. The van der Waals surface area contributed by atoms with Crippen molar-refractivity contribution in [1.29, 1.82) is 0 Å². The molecular weight excluding hydrogens is 388 g/mol. The van der Waals surface area contributed by atoms with E-state index < -0.39 is 4.92 Å². The Morgan fingerprint density at radius 3 is 2.45 bits per heavy atom. The molecule has 2 aromatic rings. The summed E-state index contributed by atoms with van der Waals surface area (Å²) in [6.07, 6.45) is 2.25. The van der Waals surface area contributed by atoms with E-state index in [2.05, 4.69) is 39.4 Å². The van der Waals surface area contributed by atoms with Crippen LogP contribution in [-0.4, -0.2) is 48.3 Å². The van der Waals surface area contributed by atoms with E-state index in [1.807, 2.05) is 14.1 Å². The number of benzene rings is 2. The number of nitro benzene ring substituents is 1. The highest BCUT2D eigenvalue weighted by molar-refractivity contribution is 7.80. The summed E-state index contributed by atoms with van der Waals surface area (Å²) < 4.78 is 5.80. The van der Waals surface area contributed by atoms with Crippen molar-refractivity contribution in [3.63, 3.8) is 0 Å². The summed E-state index contributed by atoms with van der Waals surface area (Å²) in [5.74, 6) is 0. The molecule has 29 heavy (non-hydrogen) atoms. The lowest BCUT2D eigenvalue weighted by Gasteiger charge is -2.28. The largest absolute Gasteiger partial charge is 0.378 e. The molecule has 0 aliphatic carbocycles. The van der Waals surface area contributed by atoms with E-state index in [0.29, 0.717) is 18.2 Å². The van der Waals surface area contributed by atoms with Gasteiger partial charge in [-0.1, -0.05) is 12.1 Å². The highest BCUT2D eigenvalue weighted by atomic mass is 32.1. The van der Waals surface area contributed by atoms with Crippen LogP contribution in [0.1, 0.15) is 18.4 Å². The topological polar surface area (TPSA) is 70.9 Å². The van der Waals surface area contributed by atoms with Crippen molar-refractivity contribution in [3.8, 4) is 0 Å². The zero-order valence-electron chi connectivity index (χ0n) is 16.7. The lowest BCUT2D eigenvalue weighted by Crippen LogP contribution is -2.39. The van der Waals surface area contributed by atoms with E-state index in [9.17, 15) is 10.1 Å². The van der Waals surface area contributed by atoms with Gasteiger partial charge >= 0.3 is 0 Å². The zero-order chi connectivity index (χ0) is 20.8. The first-order valence-corrected chi connectivity index (χ1v) is 10.0. The fourth-order valence-corrected chi connectivity index (χ4v) is 3.50. The van der Waals surface area contributed by atoms with Gasteiger partial charge in [0.05, 0.1) is 11.0 Å². The summed E-state index contributed by atoms with van der Waals surface area (Å²) in [5.41, 5.74) is 3.08. The van der Waals surface area contributed by atoms with Crippen molar-refractivity contribution < 1.29 is 9.66 Å². The maximum absolute atomic E-state index is 10.8. The molecular formula is C21H26N4O3S. The molecule has 0 bridgehead atoms. The van der Waals surface area contributed by atoms with Crippen LogP contribution in [-0.2, 0) is 11.3 Å². The summed E-state index contributed by atoms with van der Waals surface area (Å²) in [5, 5.41) is 14.6. The van der Waals surface area contributed by atoms with Gasteiger partial charge in [-0.15, -0.1) is 0 Å². The van der Waals surface area contributed by atoms with Crippen LogP contribution in [0.3, 0.4) is 0 Å². The second-order valence-electron chi connectivity index (χ2n) is 7.31. The molecule has 0 spiro atoms. The van der Waals surface area contributed by atoms with Gasteiger partial charge in [0.25, 0.3) is 5.69 Å². The van der Waals surface area contributed by atoms with E-state index in [4.69, 9.17) is 17.0 Å². The number of anilines is 2. The van der Waals surface area contributed by atoms with Gasteiger partial charge in [-0.2, -0.15) is 0 Å². The van der Waals surface area contributed by atoms with Gasteiger partial charge in [-0.05, 0) is 54.9 Å². The lowest BCUT2D eigenvalue weighted by molar-refractivity contribution is -0.384. The van der Waals surface area contributed by atoms with Crippen LogP contribution in [0.4, 0.5) is 17.1 Å². The molecule has 0 amide bonds. The number of rotatable bonds is 7. The average molecular weight is 415 g/mol. The van der Waals surface area contributed by atoms with Gasteiger partial charge in [0.15, 0.2) is 5.11 Å². The van der Waals surface area contributed by atoms with Gasteiger partial charge in [0.1, 0.15) is 0 Å². The molecule has 1 N–H and O–H groups in total. The second-order valence-corrected chi connectivity index (χ2v) is 7.70. The molecule has 1 saturated heterocycles. The van der Waals surface area contributed by atoms with Crippen LogP contribution in [0.25, 0.3) is 0 Å². The molecule has 0 saturated carbocycles. The maximum atomic E-state index is 10.8. The molecule has 154 valence electrons. The fourth-order valence-electron chi connectivity index (χ4n) is 3.24. The number of hydrogen-bond donors (Lipinski definition) is 1. The summed E-state index contributed by atoms with van der Waals surface area (Å²) in [7, 11) is 4.03. The molecule has 1 fully saturated rings. The number of hydrogen-bond acceptors (Lipinski definition) is 5. The molecule has 1 atom stereocenters. The molecule has 2 aromatic carbocycles. The summed E-state index contributed by atoms with van der Waals surface area (Å²) in [6, 6.07) is 14.7. The van der Waals surface area contributed by atoms with Gasteiger partial charge in [0.2, 0.25) is 0 Å². The van der Waals surface area contributed by atoms with Crippen molar-refractivity contribution in [2.45, 2.75) is 25.5 Å². The Kier molecular flexibility index (Phi) is 7.00. The third kappa shape index (κ3) is 5.88. The number of non-ortho nitro benzene ring substituents is 1. The minimum atomic E-state index is -0.413. The van der Waals surface area contributed by atoms with Crippen molar-refractivity contribution in [2.75, 3.05) is 37.5 Å². The molecule has 1 heterocycles. The number of nitrogens with zero attached hydrogens (tertiary/aromatic N) is 3. The van der Waals surface area contributed by atoms with E-state index in [-0.39, 0.29) is 11.8 Å². The van der Waals surface area contributed by atoms with Crippen LogP contribution in [0, 0.1) is 10.1 Å². The third-order valence-electron chi connectivity index (χ3n) is 4.89. The Balaban J connectivity index is 1.71. The Hall–Kier alpha value is -2.71. The van der Waals surface area contributed by atoms with Crippen molar-refractivity contribution in [1.82, 2.24) is 4.90 Å². The van der Waals surface area contributed by atoms with E-state index in [0.717, 1.165) is 36.4 Å². The van der Waals surface area contributed by atoms with E-state index >= 15 is 0 Å². The Labute approximate surface area is 176 Å². The van der Waals surface area contributed by atoms with Crippen molar-refractivity contribution in [2.24, 2.45) is 0 Å². The van der Waals surface area contributed by atoms with E-state index in [1.54, 1.807) is 12.1 Å². The summed E-state index contributed by atoms with van der Waals surface area (Å²) in [4.78, 5) is 14.6. The van der Waals surface area contributed by atoms with Crippen LogP contribution in [0.15, 0.2) is 48.5 Å². The van der Waals surface area contributed by atoms with Crippen LogP contribution >= 0.6 is 12.2 Å². The van der Waals surface area contributed by atoms with E-state index in [1.165, 1.54) is 12.1 Å². The number of ether oxygens (including phenoxy) is 1. The SMILES string of the molecule is CN(C)c1ccc(CN(C[C@H]2CCCO2)C(=S)Nc2ccc([N+](=O)[O-])cc2)cc1. The zero-order valence-corrected chi connectivity index (χ0v) is 17.5. The predicted molar refractivity (Wildman–Crippen MR) is 119 cm³/mol. The normalized spacial score (nSPS) is 15.7. The first-order valence-electron chi connectivity index (χ1n) is 9.60. The van der Waals surface area contributed by atoms with Crippen LogP contribution < -0.4 is 10.2 Å².